The third-order valence-electron chi connectivity index (χ3n) is 4.95. The maximum Gasteiger partial charge on any atom is 0.254 e. The molecule has 1 amide bonds. The van der Waals surface area contributed by atoms with Crippen molar-refractivity contribution < 1.29 is 13.2 Å². The highest BCUT2D eigenvalue weighted by molar-refractivity contribution is 7.90. The second-order valence-corrected chi connectivity index (χ2v) is 9.39. The lowest BCUT2D eigenvalue weighted by atomic mass is 10.1. The number of carbonyl (C=O) groups is 1. The zero-order valence-electron chi connectivity index (χ0n) is 15.7. The van der Waals surface area contributed by atoms with Gasteiger partial charge in [-0.05, 0) is 36.4 Å². The van der Waals surface area contributed by atoms with Gasteiger partial charge in [-0.1, -0.05) is 17.7 Å². The summed E-state index contributed by atoms with van der Waals surface area (Å²) in [6, 6.07) is 11.7. The molecular formula is C20H19ClN4O3S. The van der Waals surface area contributed by atoms with E-state index in [1.54, 1.807) is 23.1 Å². The molecule has 1 fully saturated rings. The number of rotatable bonds is 3. The van der Waals surface area contributed by atoms with Gasteiger partial charge < -0.3 is 9.80 Å². The number of fused-ring (bicyclic) bond motifs is 1. The molecule has 0 aliphatic carbocycles. The van der Waals surface area contributed by atoms with Gasteiger partial charge in [0, 0.05) is 48.4 Å². The summed E-state index contributed by atoms with van der Waals surface area (Å²) in [5, 5.41) is 1.53. The van der Waals surface area contributed by atoms with Crippen LogP contribution >= 0.6 is 11.6 Å². The Morgan fingerprint density at radius 2 is 1.79 bits per heavy atom. The molecule has 1 aliphatic heterocycles. The van der Waals surface area contributed by atoms with Crippen LogP contribution in [0.1, 0.15) is 10.4 Å². The van der Waals surface area contributed by atoms with Crippen molar-refractivity contribution in [3.63, 3.8) is 0 Å². The third-order valence-corrected chi connectivity index (χ3v) is 6.30. The largest absolute Gasteiger partial charge is 0.352 e. The van der Waals surface area contributed by atoms with Gasteiger partial charge in [0.1, 0.15) is 12.1 Å². The minimum atomic E-state index is -3.36. The summed E-state index contributed by atoms with van der Waals surface area (Å²) < 4.78 is 23.5. The van der Waals surface area contributed by atoms with Gasteiger partial charge >= 0.3 is 0 Å². The van der Waals surface area contributed by atoms with Crippen LogP contribution in [0.15, 0.2) is 53.7 Å². The minimum absolute atomic E-state index is 0.146. The Hall–Kier alpha value is -2.71. The molecule has 7 nitrogen and oxygen atoms in total. The van der Waals surface area contributed by atoms with E-state index in [0.717, 1.165) is 23.0 Å². The molecule has 0 atom stereocenters. The van der Waals surface area contributed by atoms with Crippen LogP contribution in [0.4, 0.5) is 5.82 Å². The van der Waals surface area contributed by atoms with Crippen molar-refractivity contribution in [2.45, 2.75) is 4.90 Å². The molecule has 4 rings (SSSR count). The molecule has 29 heavy (non-hydrogen) atoms. The van der Waals surface area contributed by atoms with E-state index in [0.29, 0.717) is 36.8 Å². The lowest BCUT2D eigenvalue weighted by Crippen LogP contribution is -2.49. The molecule has 0 spiro atoms. The first kappa shape index (κ1) is 19.6. The molecule has 0 unspecified atom stereocenters. The molecule has 0 bridgehead atoms. The molecule has 0 N–H and O–H groups in total. The fraction of sp³-hybridized carbons (Fsp3) is 0.250. The van der Waals surface area contributed by atoms with Crippen LogP contribution in [0.5, 0.6) is 0 Å². The van der Waals surface area contributed by atoms with E-state index in [-0.39, 0.29) is 10.8 Å². The number of anilines is 1. The van der Waals surface area contributed by atoms with Gasteiger partial charge in [0.05, 0.1) is 10.4 Å². The molecule has 150 valence electrons. The number of sulfone groups is 1. The average molecular weight is 431 g/mol. The predicted octanol–water partition coefficient (Wildman–Crippen LogP) is 2.65. The Morgan fingerprint density at radius 1 is 1.03 bits per heavy atom. The van der Waals surface area contributed by atoms with Crippen molar-refractivity contribution in [1.29, 1.82) is 0 Å². The number of halogens is 1. The number of hydrogen-bond donors (Lipinski definition) is 0. The number of nitrogens with zero attached hydrogens (tertiary/aromatic N) is 4. The van der Waals surface area contributed by atoms with Gasteiger partial charge in [0.2, 0.25) is 0 Å². The smallest absolute Gasteiger partial charge is 0.254 e. The second kappa shape index (κ2) is 7.61. The summed E-state index contributed by atoms with van der Waals surface area (Å²) in [4.78, 5) is 25.5. The van der Waals surface area contributed by atoms with Crippen LogP contribution in [0, 0.1) is 0 Å². The van der Waals surface area contributed by atoms with Crippen molar-refractivity contribution >= 4 is 44.1 Å². The van der Waals surface area contributed by atoms with Gasteiger partial charge in [-0.3, -0.25) is 4.79 Å². The number of benzene rings is 2. The maximum absolute atomic E-state index is 12.8. The molecule has 9 heteroatoms. The Bertz CT molecular complexity index is 1190. The van der Waals surface area contributed by atoms with E-state index >= 15 is 0 Å². The van der Waals surface area contributed by atoms with Gasteiger partial charge in [0.15, 0.2) is 9.84 Å². The number of hydrogen-bond acceptors (Lipinski definition) is 6. The summed E-state index contributed by atoms with van der Waals surface area (Å²) in [5.41, 5.74) is 1.15. The van der Waals surface area contributed by atoms with Crippen LogP contribution in [0.25, 0.3) is 10.9 Å². The van der Waals surface area contributed by atoms with E-state index < -0.39 is 9.84 Å². The highest BCUT2D eigenvalue weighted by atomic mass is 35.5. The molecule has 2 heterocycles. The Labute approximate surface area is 173 Å². The van der Waals surface area contributed by atoms with E-state index in [1.807, 2.05) is 12.1 Å². The molecule has 1 saturated heterocycles. The molecular weight excluding hydrogens is 412 g/mol. The number of piperazine rings is 1. The highest BCUT2D eigenvalue weighted by Crippen LogP contribution is 2.26. The zero-order chi connectivity index (χ0) is 20.6. The van der Waals surface area contributed by atoms with Gasteiger partial charge in [-0.15, -0.1) is 0 Å². The molecule has 0 radical (unpaired) electrons. The van der Waals surface area contributed by atoms with Crippen LogP contribution in [0.2, 0.25) is 5.02 Å². The summed E-state index contributed by atoms with van der Waals surface area (Å²) >= 11 is 6.05. The number of amides is 1. The van der Waals surface area contributed by atoms with Crippen LogP contribution < -0.4 is 4.90 Å². The summed E-state index contributed by atoms with van der Waals surface area (Å²) in [6.45, 7) is 2.26. The monoisotopic (exact) mass is 430 g/mol. The zero-order valence-corrected chi connectivity index (χ0v) is 17.3. The Kier molecular flexibility index (Phi) is 5.14. The van der Waals surface area contributed by atoms with E-state index in [2.05, 4.69) is 14.9 Å². The van der Waals surface area contributed by atoms with E-state index in [4.69, 9.17) is 11.6 Å². The van der Waals surface area contributed by atoms with Gasteiger partial charge in [0.25, 0.3) is 5.91 Å². The van der Waals surface area contributed by atoms with Crippen LogP contribution in [0.3, 0.4) is 0 Å². The minimum Gasteiger partial charge on any atom is -0.352 e. The topological polar surface area (TPSA) is 83.5 Å². The van der Waals surface area contributed by atoms with Crippen molar-refractivity contribution in [3.05, 3.63) is 59.4 Å². The van der Waals surface area contributed by atoms with Crippen LogP contribution in [-0.4, -0.2) is 61.6 Å². The first-order valence-corrected chi connectivity index (χ1v) is 11.3. The average Bonchev–Trinajstić information content (AvgIpc) is 2.72. The first-order valence-electron chi connectivity index (χ1n) is 9.07. The second-order valence-electron chi connectivity index (χ2n) is 6.94. The third kappa shape index (κ3) is 4.04. The van der Waals surface area contributed by atoms with Crippen molar-refractivity contribution in [2.75, 3.05) is 37.3 Å². The van der Waals surface area contributed by atoms with Crippen molar-refractivity contribution in [2.24, 2.45) is 0 Å². The maximum atomic E-state index is 12.8. The first-order chi connectivity index (χ1) is 13.8. The normalized spacial score (nSPS) is 15.0. The van der Waals surface area contributed by atoms with Crippen molar-refractivity contribution in [3.8, 4) is 0 Å². The molecule has 3 aromatic rings. The Morgan fingerprint density at radius 3 is 2.52 bits per heavy atom. The molecule has 1 aromatic heterocycles. The summed E-state index contributed by atoms with van der Waals surface area (Å²) in [6.07, 6.45) is 2.65. The predicted molar refractivity (Wildman–Crippen MR) is 112 cm³/mol. The van der Waals surface area contributed by atoms with E-state index in [9.17, 15) is 13.2 Å². The number of carbonyl (C=O) groups excluding carboxylic acids is 1. The lowest BCUT2D eigenvalue weighted by molar-refractivity contribution is 0.0746. The fourth-order valence-corrected chi connectivity index (χ4v) is 4.26. The van der Waals surface area contributed by atoms with Gasteiger partial charge in [-0.2, -0.15) is 0 Å². The standard InChI is InChI=1S/C20H19ClN4O3S/c1-29(27,28)16-4-2-3-14(11-16)20(26)25-9-7-24(8-10-25)19-17-6-5-15(21)12-18(17)22-13-23-19/h2-6,11-13H,7-10H2,1H3. The molecule has 0 saturated carbocycles. The highest BCUT2D eigenvalue weighted by Gasteiger charge is 2.24. The van der Waals surface area contributed by atoms with Crippen LogP contribution in [-0.2, 0) is 9.84 Å². The summed E-state index contributed by atoms with van der Waals surface area (Å²) in [7, 11) is -3.36. The van der Waals surface area contributed by atoms with E-state index in [1.165, 1.54) is 18.5 Å². The fourth-order valence-electron chi connectivity index (χ4n) is 3.43. The quantitative estimate of drug-likeness (QED) is 0.635. The Balaban J connectivity index is 1.51. The van der Waals surface area contributed by atoms with Crippen molar-refractivity contribution in [1.82, 2.24) is 14.9 Å². The number of aromatic nitrogens is 2. The molecule has 2 aromatic carbocycles. The SMILES string of the molecule is CS(=O)(=O)c1cccc(C(=O)N2CCN(c3ncnc4cc(Cl)ccc34)CC2)c1. The molecule has 1 aliphatic rings. The lowest BCUT2D eigenvalue weighted by Gasteiger charge is -2.35. The summed E-state index contributed by atoms with van der Waals surface area (Å²) in [5.74, 6) is 0.646. The van der Waals surface area contributed by atoms with Gasteiger partial charge in [-0.25, -0.2) is 18.4 Å².